The van der Waals surface area contributed by atoms with E-state index < -0.39 is 0 Å². The van der Waals surface area contributed by atoms with Gasteiger partial charge in [0.25, 0.3) is 0 Å². The van der Waals surface area contributed by atoms with E-state index in [0.717, 1.165) is 23.4 Å². The summed E-state index contributed by atoms with van der Waals surface area (Å²) in [6, 6.07) is 17.0. The molecule has 0 bridgehead atoms. The van der Waals surface area contributed by atoms with Crippen molar-refractivity contribution in [1.29, 1.82) is 0 Å². The maximum atomic E-state index is 6.09. The fraction of sp³-hybridized carbons (Fsp3) is 0.367. The summed E-state index contributed by atoms with van der Waals surface area (Å²) in [6.45, 7) is 16.0. The van der Waals surface area contributed by atoms with Crippen LogP contribution in [0.5, 0.6) is 0 Å². The van der Waals surface area contributed by atoms with Crippen LogP contribution < -0.4 is 5.43 Å². The summed E-state index contributed by atoms with van der Waals surface area (Å²) in [5, 5.41) is 5.71. The summed E-state index contributed by atoms with van der Waals surface area (Å²) in [6.07, 6.45) is 5.64. The molecule has 1 aliphatic carbocycles. The zero-order chi connectivity index (χ0) is 24.7. The van der Waals surface area contributed by atoms with Gasteiger partial charge in [0, 0.05) is 15.5 Å². The van der Waals surface area contributed by atoms with Gasteiger partial charge >= 0.3 is 0 Å². The van der Waals surface area contributed by atoms with Gasteiger partial charge in [-0.05, 0) is 88.4 Å². The van der Waals surface area contributed by atoms with Gasteiger partial charge in [-0.2, -0.15) is 5.10 Å². The molecule has 0 fully saturated rings. The van der Waals surface area contributed by atoms with Crippen molar-refractivity contribution in [3.05, 3.63) is 91.6 Å². The molecule has 0 spiro atoms. The van der Waals surface area contributed by atoms with Gasteiger partial charge in [0.05, 0.1) is 10.6 Å². The van der Waals surface area contributed by atoms with Crippen molar-refractivity contribution in [1.82, 2.24) is 0 Å². The predicted octanol–water partition coefficient (Wildman–Crippen LogP) is 9.38. The number of anilines is 1. The van der Waals surface area contributed by atoms with E-state index in [4.69, 9.17) is 16.7 Å². The van der Waals surface area contributed by atoms with Crippen molar-refractivity contribution in [2.45, 2.75) is 71.6 Å². The summed E-state index contributed by atoms with van der Waals surface area (Å²) < 4.78 is 0. The first-order valence-electron chi connectivity index (χ1n) is 12.0. The Bertz CT molecular complexity index is 1200. The Morgan fingerprint density at radius 1 is 0.941 bits per heavy atom. The Hall–Kier alpha value is -2.36. The fourth-order valence-corrected chi connectivity index (χ4v) is 5.45. The van der Waals surface area contributed by atoms with Crippen LogP contribution >= 0.6 is 22.9 Å². The molecule has 0 radical (unpaired) electrons. The number of allylic oxidation sites excluding steroid dienone is 1. The summed E-state index contributed by atoms with van der Waals surface area (Å²) in [4.78, 5) is 2.53. The van der Waals surface area contributed by atoms with Crippen molar-refractivity contribution in [2.75, 3.05) is 5.43 Å². The topological polar surface area (TPSA) is 24.4 Å². The minimum Gasteiger partial charge on any atom is -0.278 e. The third kappa shape index (κ3) is 5.47. The van der Waals surface area contributed by atoms with E-state index >= 15 is 0 Å². The Morgan fingerprint density at radius 2 is 1.56 bits per heavy atom. The van der Waals surface area contributed by atoms with E-state index in [1.165, 1.54) is 26.4 Å². The second kappa shape index (κ2) is 9.36. The molecule has 178 valence electrons. The molecular weight excluding hydrogens is 456 g/mol. The monoisotopic (exact) mass is 490 g/mol. The lowest BCUT2D eigenvalue weighted by atomic mass is 9.79. The maximum Gasteiger partial charge on any atom is 0.108 e. The number of nitrogens with zero attached hydrogens (tertiary/aromatic N) is 1. The average Bonchev–Trinajstić information content (AvgIpc) is 3.19. The highest BCUT2D eigenvalue weighted by Crippen LogP contribution is 2.38. The summed E-state index contributed by atoms with van der Waals surface area (Å²) in [5.74, 6) is 0.529. The van der Waals surface area contributed by atoms with E-state index in [1.54, 1.807) is 0 Å². The van der Waals surface area contributed by atoms with Crippen LogP contribution in [0.4, 0.5) is 5.69 Å². The van der Waals surface area contributed by atoms with Crippen molar-refractivity contribution < 1.29 is 0 Å². The Balaban J connectivity index is 1.88. The van der Waals surface area contributed by atoms with Crippen LogP contribution in [-0.4, -0.2) is 5.71 Å². The van der Waals surface area contributed by atoms with Gasteiger partial charge in [-0.25, -0.2) is 0 Å². The molecule has 4 heteroatoms. The number of fused-ring (bicyclic) bond motifs is 1. The first-order valence-corrected chi connectivity index (χ1v) is 13.2. The van der Waals surface area contributed by atoms with Crippen molar-refractivity contribution in [2.24, 2.45) is 5.10 Å². The molecule has 1 unspecified atom stereocenters. The average molecular weight is 491 g/mol. The van der Waals surface area contributed by atoms with E-state index in [9.17, 15) is 0 Å². The number of hydrogen-bond donors (Lipinski definition) is 1. The molecule has 1 atom stereocenters. The third-order valence-corrected chi connectivity index (χ3v) is 7.77. The van der Waals surface area contributed by atoms with E-state index in [1.807, 2.05) is 35.6 Å². The number of thiophene rings is 1. The first-order chi connectivity index (χ1) is 15.9. The summed E-state index contributed by atoms with van der Waals surface area (Å²) in [5.41, 5.74) is 10.5. The minimum absolute atomic E-state index is 0.0384. The third-order valence-electron chi connectivity index (χ3n) is 6.39. The highest BCUT2D eigenvalue weighted by Gasteiger charge is 2.24. The quantitative estimate of drug-likeness (QED) is 0.286. The molecule has 0 saturated carbocycles. The molecule has 1 aromatic heterocycles. The number of hydrogen-bond acceptors (Lipinski definition) is 3. The van der Waals surface area contributed by atoms with Gasteiger partial charge < -0.3 is 0 Å². The lowest BCUT2D eigenvalue weighted by Crippen LogP contribution is -2.18. The molecular formula is C30H35ClN2S. The van der Waals surface area contributed by atoms with Gasteiger partial charge in [-0.3, -0.25) is 5.43 Å². The SMILES string of the molecule is CC1CC=Cc2sc(/C(=N\Nc3ccc(Cl)cc3)c3cc(C(C)(C)C)cc(C(C)(C)C)c3)cc21. The normalized spacial score (nSPS) is 16.5. The molecule has 1 aliphatic rings. The molecule has 2 nitrogen and oxygen atoms in total. The van der Waals surface area contributed by atoms with E-state index in [0.29, 0.717) is 10.9 Å². The van der Waals surface area contributed by atoms with Crippen molar-refractivity contribution in [3.63, 3.8) is 0 Å². The highest BCUT2D eigenvalue weighted by atomic mass is 35.5. The van der Waals surface area contributed by atoms with Crippen molar-refractivity contribution in [3.8, 4) is 0 Å². The highest BCUT2D eigenvalue weighted by molar-refractivity contribution is 7.15. The number of hydrazone groups is 1. The Kier molecular flexibility index (Phi) is 6.81. The van der Waals surface area contributed by atoms with Crippen molar-refractivity contribution >= 4 is 40.4 Å². The number of rotatable bonds is 4. The molecule has 4 rings (SSSR count). The number of benzene rings is 2. The number of nitrogens with one attached hydrogen (secondary N) is 1. The molecule has 0 aliphatic heterocycles. The lowest BCUT2D eigenvalue weighted by Gasteiger charge is -2.26. The second-order valence-corrected chi connectivity index (χ2v) is 12.9. The number of halogens is 1. The second-order valence-electron chi connectivity index (χ2n) is 11.3. The molecule has 0 saturated heterocycles. The standard InChI is InChI=1S/C30H35ClN2S/c1-19-9-8-10-26-25(19)18-27(34-26)28(33-32-24-13-11-23(31)12-14-24)20-15-21(29(2,3)4)17-22(16-20)30(5,6)7/h8,10-19,32H,9H2,1-7H3/b33-28-. The first kappa shape index (κ1) is 24.8. The van der Waals surface area contributed by atoms with Crippen LogP contribution in [-0.2, 0) is 10.8 Å². The van der Waals surface area contributed by atoms with Crippen LogP contribution in [0.3, 0.4) is 0 Å². The lowest BCUT2D eigenvalue weighted by molar-refractivity contribution is 0.568. The molecule has 3 aromatic rings. The minimum atomic E-state index is 0.0384. The van der Waals surface area contributed by atoms with Gasteiger partial charge in [-0.1, -0.05) is 72.2 Å². The summed E-state index contributed by atoms with van der Waals surface area (Å²) >= 11 is 7.92. The van der Waals surface area contributed by atoms with E-state index in [2.05, 4.69) is 90.3 Å². The Labute approximate surface area is 213 Å². The van der Waals surface area contributed by atoms with Crippen LogP contribution in [0.1, 0.15) is 92.8 Å². The van der Waals surface area contributed by atoms with Gasteiger partial charge in [0.2, 0.25) is 0 Å². The van der Waals surface area contributed by atoms with Gasteiger partial charge in [0.1, 0.15) is 5.71 Å². The summed E-state index contributed by atoms with van der Waals surface area (Å²) in [7, 11) is 0. The molecule has 0 amide bonds. The van der Waals surface area contributed by atoms with Crippen LogP contribution in [0, 0.1) is 0 Å². The molecule has 1 N–H and O–H groups in total. The molecule has 2 aromatic carbocycles. The Morgan fingerprint density at radius 3 is 2.12 bits per heavy atom. The van der Waals surface area contributed by atoms with Crippen LogP contribution in [0.15, 0.2) is 59.7 Å². The van der Waals surface area contributed by atoms with Crippen LogP contribution in [0.25, 0.3) is 6.08 Å². The predicted molar refractivity (Wildman–Crippen MR) is 151 cm³/mol. The van der Waals surface area contributed by atoms with Crippen LogP contribution in [0.2, 0.25) is 5.02 Å². The maximum absolute atomic E-state index is 6.09. The van der Waals surface area contributed by atoms with Gasteiger partial charge in [0.15, 0.2) is 0 Å². The zero-order valence-electron chi connectivity index (χ0n) is 21.3. The van der Waals surface area contributed by atoms with E-state index in [-0.39, 0.29) is 10.8 Å². The fourth-order valence-electron chi connectivity index (χ4n) is 4.09. The smallest absolute Gasteiger partial charge is 0.108 e. The van der Waals surface area contributed by atoms with Gasteiger partial charge in [-0.15, -0.1) is 11.3 Å². The molecule has 34 heavy (non-hydrogen) atoms. The zero-order valence-corrected chi connectivity index (χ0v) is 22.9. The molecule has 1 heterocycles. The largest absolute Gasteiger partial charge is 0.278 e.